The molecule has 3 nitrogen and oxygen atoms in total. The largest absolute Gasteiger partial charge is 0.365 e. The molecule has 0 aromatic heterocycles. The van der Waals surface area contributed by atoms with E-state index >= 15 is 0 Å². The third-order valence-electron chi connectivity index (χ3n) is 3.02. The fourth-order valence-electron chi connectivity index (χ4n) is 1.93. The van der Waals surface area contributed by atoms with Gasteiger partial charge in [0.25, 0.3) is 0 Å². The van der Waals surface area contributed by atoms with Gasteiger partial charge in [-0.3, -0.25) is 9.59 Å². The Labute approximate surface area is 106 Å². The Morgan fingerprint density at radius 1 is 1.17 bits per heavy atom. The molecular formula is C15H14O3. The zero-order valence-electron chi connectivity index (χ0n) is 10.1. The maximum atomic E-state index is 12.3. The van der Waals surface area contributed by atoms with Crippen LogP contribution in [0.2, 0.25) is 0 Å². The topological polar surface area (TPSA) is 43.4 Å². The van der Waals surface area contributed by atoms with Crippen molar-refractivity contribution >= 4 is 11.6 Å². The molecule has 0 amide bonds. The number of benzene rings is 1. The average molecular weight is 242 g/mol. The van der Waals surface area contributed by atoms with Crippen LogP contribution in [0.5, 0.6) is 0 Å². The summed E-state index contributed by atoms with van der Waals surface area (Å²) >= 11 is 0. The molecular weight excluding hydrogens is 228 g/mol. The van der Waals surface area contributed by atoms with Gasteiger partial charge in [0.05, 0.1) is 0 Å². The monoisotopic (exact) mass is 242 g/mol. The molecule has 92 valence electrons. The number of hydrogen-bond donors (Lipinski definition) is 0. The molecule has 0 spiro atoms. The summed E-state index contributed by atoms with van der Waals surface area (Å²) in [5, 5.41) is 0. The molecule has 1 atom stereocenters. The summed E-state index contributed by atoms with van der Waals surface area (Å²) in [6, 6.07) is 8.53. The van der Waals surface area contributed by atoms with Gasteiger partial charge in [0, 0.05) is 19.1 Å². The van der Waals surface area contributed by atoms with Crippen LogP contribution in [0.25, 0.3) is 0 Å². The maximum absolute atomic E-state index is 12.3. The van der Waals surface area contributed by atoms with Crippen LogP contribution in [0, 0.1) is 0 Å². The van der Waals surface area contributed by atoms with Crippen LogP contribution in [0.15, 0.2) is 54.6 Å². The van der Waals surface area contributed by atoms with Crippen molar-refractivity contribution in [2.24, 2.45) is 0 Å². The Kier molecular flexibility index (Phi) is 3.53. The first-order valence-corrected chi connectivity index (χ1v) is 5.73. The number of ether oxygens (including phenoxy) is 1. The lowest BCUT2D eigenvalue weighted by atomic mass is 9.86. The van der Waals surface area contributed by atoms with Gasteiger partial charge in [0.1, 0.15) is 0 Å². The van der Waals surface area contributed by atoms with Crippen LogP contribution in [0.1, 0.15) is 16.8 Å². The Morgan fingerprint density at radius 2 is 1.89 bits per heavy atom. The van der Waals surface area contributed by atoms with Crippen LogP contribution >= 0.6 is 0 Å². The predicted octanol–water partition coefficient (Wildman–Crippen LogP) is 2.34. The number of carbonyl (C=O) groups excluding carboxylic acids is 2. The van der Waals surface area contributed by atoms with Gasteiger partial charge in [0.15, 0.2) is 5.60 Å². The normalized spacial score (nSPS) is 21.8. The van der Waals surface area contributed by atoms with Crippen LogP contribution in [0.4, 0.5) is 0 Å². The molecule has 1 aliphatic carbocycles. The highest BCUT2D eigenvalue weighted by molar-refractivity contribution is 6.46. The third kappa shape index (κ3) is 2.17. The first-order valence-electron chi connectivity index (χ1n) is 5.73. The van der Waals surface area contributed by atoms with E-state index in [9.17, 15) is 9.59 Å². The molecule has 3 heteroatoms. The summed E-state index contributed by atoms with van der Waals surface area (Å²) in [6.45, 7) is 0. The predicted molar refractivity (Wildman–Crippen MR) is 68.4 cm³/mol. The fraction of sp³-hybridized carbons (Fsp3) is 0.200. The molecule has 0 saturated heterocycles. The Morgan fingerprint density at radius 3 is 2.44 bits per heavy atom. The van der Waals surface area contributed by atoms with E-state index in [-0.39, 0.29) is 0 Å². The third-order valence-corrected chi connectivity index (χ3v) is 3.02. The lowest BCUT2D eigenvalue weighted by Gasteiger charge is -2.27. The second-order valence-electron chi connectivity index (χ2n) is 4.11. The van der Waals surface area contributed by atoms with Crippen molar-refractivity contribution in [2.45, 2.75) is 12.0 Å². The van der Waals surface area contributed by atoms with Crippen molar-refractivity contribution in [2.75, 3.05) is 7.11 Å². The van der Waals surface area contributed by atoms with Crippen molar-refractivity contribution < 1.29 is 14.3 Å². The van der Waals surface area contributed by atoms with Gasteiger partial charge in [-0.05, 0) is 6.08 Å². The summed E-state index contributed by atoms with van der Waals surface area (Å²) in [4.78, 5) is 24.4. The van der Waals surface area contributed by atoms with E-state index < -0.39 is 17.2 Å². The molecule has 1 aromatic rings. The number of methoxy groups -OCH3 is 1. The second-order valence-corrected chi connectivity index (χ2v) is 4.11. The minimum absolute atomic E-state index is 0.386. The van der Waals surface area contributed by atoms with Gasteiger partial charge in [-0.25, -0.2) is 0 Å². The lowest BCUT2D eigenvalue weighted by Crippen LogP contribution is -2.43. The van der Waals surface area contributed by atoms with E-state index in [0.717, 1.165) is 0 Å². The van der Waals surface area contributed by atoms with Crippen molar-refractivity contribution in [3.05, 3.63) is 60.2 Å². The van der Waals surface area contributed by atoms with Crippen LogP contribution in [0.3, 0.4) is 0 Å². The zero-order chi connectivity index (χ0) is 13.0. The standard InChI is InChI=1S/C15H14O3/c1-18-15(10-6-3-7-11-15)14(17)13(16)12-8-4-2-5-9-12/h2-10H,11H2,1H3. The summed E-state index contributed by atoms with van der Waals surface area (Å²) < 4.78 is 5.27. The smallest absolute Gasteiger partial charge is 0.239 e. The lowest BCUT2D eigenvalue weighted by molar-refractivity contribution is -0.130. The zero-order valence-corrected chi connectivity index (χ0v) is 10.1. The fourth-order valence-corrected chi connectivity index (χ4v) is 1.93. The Hall–Kier alpha value is -2.00. The molecule has 0 saturated carbocycles. The summed E-state index contributed by atoms with van der Waals surface area (Å²) in [5.74, 6) is -1.05. The molecule has 18 heavy (non-hydrogen) atoms. The van der Waals surface area contributed by atoms with E-state index in [1.165, 1.54) is 7.11 Å². The van der Waals surface area contributed by atoms with Gasteiger partial charge < -0.3 is 4.74 Å². The highest BCUT2D eigenvalue weighted by Crippen LogP contribution is 2.24. The van der Waals surface area contributed by atoms with Gasteiger partial charge >= 0.3 is 0 Å². The van der Waals surface area contributed by atoms with Crippen LogP contribution < -0.4 is 0 Å². The SMILES string of the molecule is COC1(C(=O)C(=O)c2ccccc2)C=CC=CC1. The number of allylic oxidation sites excluding steroid dienone is 2. The van der Waals surface area contributed by atoms with Gasteiger partial charge in [-0.1, -0.05) is 48.6 Å². The molecule has 0 bridgehead atoms. The minimum atomic E-state index is -1.15. The van der Waals surface area contributed by atoms with Crippen LogP contribution in [-0.4, -0.2) is 24.3 Å². The Balaban J connectivity index is 2.28. The van der Waals surface area contributed by atoms with Crippen molar-refractivity contribution in [3.63, 3.8) is 0 Å². The minimum Gasteiger partial charge on any atom is -0.365 e. The first-order chi connectivity index (χ1) is 8.69. The summed E-state index contributed by atoms with van der Waals surface area (Å²) in [7, 11) is 1.44. The molecule has 0 fully saturated rings. The number of carbonyl (C=O) groups is 2. The molecule has 1 aromatic carbocycles. The molecule has 0 N–H and O–H groups in total. The van der Waals surface area contributed by atoms with Crippen molar-refractivity contribution in [1.29, 1.82) is 0 Å². The van der Waals surface area contributed by atoms with Crippen molar-refractivity contribution in [1.82, 2.24) is 0 Å². The highest BCUT2D eigenvalue weighted by atomic mass is 16.5. The van der Waals surface area contributed by atoms with Gasteiger partial charge in [-0.15, -0.1) is 0 Å². The Bertz CT molecular complexity index is 514. The van der Waals surface area contributed by atoms with E-state index in [2.05, 4.69) is 0 Å². The van der Waals surface area contributed by atoms with E-state index in [1.54, 1.807) is 42.5 Å². The number of Topliss-reactive ketones (excluding diaryl/α,β-unsaturated/α-hetero) is 2. The van der Waals surface area contributed by atoms with Gasteiger partial charge in [0.2, 0.25) is 11.6 Å². The summed E-state index contributed by atoms with van der Waals surface area (Å²) in [6.07, 6.45) is 7.40. The van der Waals surface area contributed by atoms with E-state index in [4.69, 9.17) is 4.74 Å². The average Bonchev–Trinajstić information content (AvgIpc) is 2.47. The maximum Gasteiger partial charge on any atom is 0.239 e. The quantitative estimate of drug-likeness (QED) is 0.601. The van der Waals surface area contributed by atoms with E-state index in [0.29, 0.717) is 12.0 Å². The highest BCUT2D eigenvalue weighted by Gasteiger charge is 2.40. The molecule has 1 unspecified atom stereocenters. The first kappa shape index (κ1) is 12.5. The molecule has 0 radical (unpaired) electrons. The van der Waals surface area contributed by atoms with Gasteiger partial charge in [-0.2, -0.15) is 0 Å². The molecule has 1 aliphatic rings. The second kappa shape index (κ2) is 5.10. The molecule has 0 aliphatic heterocycles. The number of ketones is 2. The van der Waals surface area contributed by atoms with E-state index in [1.807, 2.05) is 12.2 Å². The summed E-state index contributed by atoms with van der Waals surface area (Å²) in [5.41, 5.74) is -0.760. The molecule has 2 rings (SSSR count). The number of hydrogen-bond acceptors (Lipinski definition) is 3. The number of rotatable bonds is 4. The molecule has 0 heterocycles. The van der Waals surface area contributed by atoms with Crippen molar-refractivity contribution in [3.8, 4) is 0 Å². The van der Waals surface area contributed by atoms with Crippen LogP contribution in [-0.2, 0) is 9.53 Å².